The van der Waals surface area contributed by atoms with E-state index >= 15 is 0 Å². The molecule has 0 radical (unpaired) electrons. The van der Waals surface area contributed by atoms with Gasteiger partial charge in [0.25, 0.3) is 0 Å². The summed E-state index contributed by atoms with van der Waals surface area (Å²) < 4.78 is 2.51. The summed E-state index contributed by atoms with van der Waals surface area (Å²) in [4.78, 5) is 14.3. The fourth-order valence-corrected chi connectivity index (χ4v) is 1.57. The fraction of sp³-hybridized carbons (Fsp3) is 0. The Morgan fingerprint density at radius 2 is 2.42 bits per heavy atom. The van der Waals surface area contributed by atoms with Crippen LogP contribution in [0, 0.1) is 4.91 Å². The molecule has 2 aromatic rings. The first-order valence-corrected chi connectivity index (χ1v) is 4.06. The topological polar surface area (TPSA) is 46.7 Å². The maximum atomic E-state index is 10.2. The molecule has 2 aromatic heterocycles. The van der Waals surface area contributed by atoms with Crippen LogP contribution < -0.4 is 0 Å². The molecule has 0 aliphatic heterocycles. The number of nitroso groups, excluding NO2 is 1. The summed E-state index contributed by atoms with van der Waals surface area (Å²) in [6, 6.07) is 1.63. The predicted octanol–water partition coefficient (Wildman–Crippen LogP) is 2.49. The number of hydrogen-bond donors (Lipinski definition) is 0. The van der Waals surface area contributed by atoms with Gasteiger partial charge < -0.3 is 4.40 Å². The van der Waals surface area contributed by atoms with Gasteiger partial charge in [-0.1, -0.05) is 0 Å². The SMILES string of the molecule is O=Nc1cc(Br)c2nccn2c1. The van der Waals surface area contributed by atoms with Crippen LogP contribution in [0.5, 0.6) is 0 Å². The van der Waals surface area contributed by atoms with Crippen LogP contribution in [0.3, 0.4) is 0 Å². The number of rotatable bonds is 1. The molecule has 0 spiro atoms. The van der Waals surface area contributed by atoms with Crippen LogP contribution in [0.1, 0.15) is 0 Å². The van der Waals surface area contributed by atoms with Crippen molar-refractivity contribution in [2.75, 3.05) is 0 Å². The molecule has 0 saturated carbocycles. The Morgan fingerprint density at radius 3 is 3.17 bits per heavy atom. The lowest BCUT2D eigenvalue weighted by molar-refractivity contribution is 1.17. The molecule has 2 rings (SSSR count). The first kappa shape index (κ1) is 7.42. The van der Waals surface area contributed by atoms with Gasteiger partial charge in [-0.3, -0.25) is 0 Å². The Hall–Kier alpha value is -1.23. The lowest BCUT2D eigenvalue weighted by Gasteiger charge is -1.96. The van der Waals surface area contributed by atoms with E-state index < -0.39 is 0 Å². The van der Waals surface area contributed by atoms with Crippen molar-refractivity contribution in [2.45, 2.75) is 0 Å². The van der Waals surface area contributed by atoms with Crippen LogP contribution in [0.2, 0.25) is 0 Å². The predicted molar refractivity (Wildman–Crippen MR) is 48.3 cm³/mol. The molecule has 0 aromatic carbocycles. The Labute approximate surface area is 76.3 Å². The molecule has 0 fully saturated rings. The highest BCUT2D eigenvalue weighted by molar-refractivity contribution is 9.10. The summed E-state index contributed by atoms with van der Waals surface area (Å²) in [7, 11) is 0. The van der Waals surface area contributed by atoms with E-state index in [2.05, 4.69) is 26.1 Å². The number of aromatic nitrogens is 2. The number of imidazole rings is 1. The van der Waals surface area contributed by atoms with Crippen LogP contribution >= 0.6 is 15.9 Å². The van der Waals surface area contributed by atoms with Gasteiger partial charge in [0.1, 0.15) is 5.69 Å². The average molecular weight is 226 g/mol. The van der Waals surface area contributed by atoms with E-state index in [0.29, 0.717) is 5.69 Å². The monoisotopic (exact) mass is 225 g/mol. The number of pyridine rings is 1. The largest absolute Gasteiger partial charge is 0.304 e. The second kappa shape index (κ2) is 2.67. The van der Waals surface area contributed by atoms with Gasteiger partial charge in [-0.25, -0.2) is 4.98 Å². The van der Waals surface area contributed by atoms with Crippen LogP contribution in [0.4, 0.5) is 5.69 Å². The first-order valence-electron chi connectivity index (χ1n) is 3.27. The maximum absolute atomic E-state index is 10.2. The van der Waals surface area contributed by atoms with Crippen LogP contribution in [-0.4, -0.2) is 9.38 Å². The Morgan fingerprint density at radius 1 is 1.58 bits per heavy atom. The molecule has 0 N–H and O–H groups in total. The second-order valence-electron chi connectivity index (χ2n) is 2.30. The zero-order valence-electron chi connectivity index (χ0n) is 5.94. The Kier molecular flexibility index (Phi) is 1.65. The zero-order chi connectivity index (χ0) is 8.55. The molecule has 2 heterocycles. The van der Waals surface area contributed by atoms with Gasteiger partial charge >= 0.3 is 0 Å². The van der Waals surface area contributed by atoms with Crippen molar-refractivity contribution in [3.8, 4) is 0 Å². The minimum absolute atomic E-state index is 0.382. The number of hydrogen-bond acceptors (Lipinski definition) is 3. The lowest BCUT2D eigenvalue weighted by atomic mass is 10.4. The van der Waals surface area contributed by atoms with Gasteiger partial charge in [0, 0.05) is 18.6 Å². The molecular weight excluding hydrogens is 222 g/mol. The van der Waals surface area contributed by atoms with Crippen molar-refractivity contribution in [2.24, 2.45) is 5.18 Å². The number of halogens is 1. The summed E-state index contributed by atoms with van der Waals surface area (Å²) in [6.45, 7) is 0. The molecule has 0 aliphatic rings. The molecule has 4 nitrogen and oxygen atoms in total. The molecule has 0 atom stereocenters. The number of fused-ring (bicyclic) bond motifs is 1. The molecule has 0 unspecified atom stereocenters. The van der Waals surface area contributed by atoms with E-state index in [1.807, 2.05) is 0 Å². The molecule has 12 heavy (non-hydrogen) atoms. The quantitative estimate of drug-likeness (QED) is 0.701. The van der Waals surface area contributed by atoms with Crippen molar-refractivity contribution in [3.05, 3.63) is 34.0 Å². The maximum Gasteiger partial charge on any atom is 0.151 e. The van der Waals surface area contributed by atoms with Gasteiger partial charge in [0.2, 0.25) is 0 Å². The molecule has 0 saturated heterocycles. The van der Waals surface area contributed by atoms with Crippen molar-refractivity contribution < 1.29 is 0 Å². The van der Waals surface area contributed by atoms with E-state index in [1.54, 1.807) is 29.1 Å². The summed E-state index contributed by atoms with van der Waals surface area (Å²) in [5.41, 5.74) is 1.16. The molecule has 5 heteroatoms. The van der Waals surface area contributed by atoms with Crippen LogP contribution in [0.15, 0.2) is 34.3 Å². The third-order valence-electron chi connectivity index (χ3n) is 1.53. The summed E-state index contributed by atoms with van der Waals surface area (Å²) >= 11 is 3.29. The minimum Gasteiger partial charge on any atom is -0.304 e. The summed E-state index contributed by atoms with van der Waals surface area (Å²) in [6.07, 6.45) is 5.05. The third kappa shape index (κ3) is 1.02. The number of nitrogens with zero attached hydrogens (tertiary/aromatic N) is 3. The van der Waals surface area contributed by atoms with Crippen LogP contribution in [-0.2, 0) is 0 Å². The fourth-order valence-electron chi connectivity index (χ4n) is 1.03. The van der Waals surface area contributed by atoms with Gasteiger partial charge in [0.05, 0.1) is 4.47 Å². The second-order valence-corrected chi connectivity index (χ2v) is 3.15. The highest BCUT2D eigenvalue weighted by Gasteiger charge is 2.01. The first-order chi connectivity index (χ1) is 5.81. The minimum atomic E-state index is 0.382. The molecule has 0 bridgehead atoms. The van der Waals surface area contributed by atoms with Crippen molar-refractivity contribution in [1.29, 1.82) is 0 Å². The van der Waals surface area contributed by atoms with Gasteiger partial charge in [-0.2, -0.15) is 0 Å². The Balaban J connectivity index is 2.83. The molecule has 0 amide bonds. The molecule has 60 valence electrons. The van der Waals surface area contributed by atoms with E-state index in [0.717, 1.165) is 10.1 Å². The van der Waals surface area contributed by atoms with Gasteiger partial charge in [-0.05, 0) is 27.2 Å². The standard InChI is InChI=1S/C7H4BrN3O/c8-6-3-5(10-12)4-11-2-1-9-7(6)11/h1-4H. The van der Waals surface area contributed by atoms with Crippen molar-refractivity contribution in [3.63, 3.8) is 0 Å². The molecule has 0 aliphatic carbocycles. The highest BCUT2D eigenvalue weighted by Crippen LogP contribution is 2.22. The normalized spacial score (nSPS) is 10.4. The van der Waals surface area contributed by atoms with Crippen LogP contribution in [0.25, 0.3) is 5.65 Å². The lowest BCUT2D eigenvalue weighted by Crippen LogP contribution is -1.82. The zero-order valence-corrected chi connectivity index (χ0v) is 7.52. The van der Waals surface area contributed by atoms with E-state index in [1.165, 1.54) is 0 Å². The smallest absolute Gasteiger partial charge is 0.151 e. The van der Waals surface area contributed by atoms with Gasteiger partial charge in [0.15, 0.2) is 5.65 Å². The van der Waals surface area contributed by atoms with E-state index in [4.69, 9.17) is 0 Å². The van der Waals surface area contributed by atoms with E-state index in [-0.39, 0.29) is 0 Å². The third-order valence-corrected chi connectivity index (χ3v) is 2.12. The van der Waals surface area contributed by atoms with Gasteiger partial charge in [-0.15, -0.1) is 4.91 Å². The van der Waals surface area contributed by atoms with Crippen molar-refractivity contribution in [1.82, 2.24) is 9.38 Å². The van der Waals surface area contributed by atoms with Crippen molar-refractivity contribution >= 4 is 27.3 Å². The highest BCUT2D eigenvalue weighted by atomic mass is 79.9. The Bertz CT molecular complexity index is 437. The molecular formula is C7H4BrN3O. The average Bonchev–Trinajstić information content (AvgIpc) is 2.52. The summed E-state index contributed by atoms with van der Waals surface area (Å²) in [5.74, 6) is 0. The summed E-state index contributed by atoms with van der Waals surface area (Å²) in [5, 5.41) is 2.83. The van der Waals surface area contributed by atoms with E-state index in [9.17, 15) is 4.91 Å².